The summed E-state index contributed by atoms with van der Waals surface area (Å²) < 4.78 is 47.9. The first-order valence-electron chi connectivity index (χ1n) is 12.4. The normalized spacial score (nSPS) is 20.2. The van der Waals surface area contributed by atoms with Gasteiger partial charge < -0.3 is 9.72 Å². The number of aryl methyl sites for hydroxylation is 1. The summed E-state index contributed by atoms with van der Waals surface area (Å²) in [4.78, 5) is 43.6. The second-order valence-electron chi connectivity index (χ2n) is 9.67. The zero-order valence-electron chi connectivity index (χ0n) is 21.2. The molecule has 0 saturated carbocycles. The number of halogens is 4. The number of anilines is 1. The van der Waals surface area contributed by atoms with Gasteiger partial charge in [-0.05, 0) is 48.4 Å². The standard InChI is InChI=1S/C29H20ClF3N2O4S2/c1-14-6-2-3-7-15(14)13-39-20-11-10-16(30)12-17(20)21-22-24(40-25-23(21)41-28(38)34-25)27(37)35(26(22)36)19-9-5-4-8-18(19)29(31,32)33/h2-12,21-22,24H,13H2,1H3,(H,34,38)/t21-,22-,24+/m0/s1. The molecule has 41 heavy (non-hydrogen) atoms. The molecule has 1 saturated heterocycles. The second-order valence-corrected chi connectivity index (χ2v) is 12.3. The van der Waals surface area contributed by atoms with Crippen molar-refractivity contribution in [3.05, 3.63) is 109 Å². The molecule has 12 heteroatoms. The van der Waals surface area contributed by atoms with Gasteiger partial charge in [-0.25, -0.2) is 4.90 Å². The van der Waals surface area contributed by atoms with Crippen molar-refractivity contribution in [2.45, 2.75) is 35.9 Å². The van der Waals surface area contributed by atoms with Gasteiger partial charge in [0.25, 0.3) is 0 Å². The number of alkyl halides is 3. The molecular formula is C29H20ClF3N2O4S2. The number of thiazole rings is 1. The number of para-hydroxylation sites is 1. The SMILES string of the molecule is Cc1ccccc1COc1ccc(Cl)cc1[C@@H]1c2sc(=O)[nH]c2S[C@H]2C(=O)N(c3ccccc3C(F)(F)F)C(=O)[C@@H]12. The molecule has 3 atom stereocenters. The number of carbonyl (C=O) groups excluding carboxylic acids is 2. The van der Waals surface area contributed by atoms with Crippen LogP contribution >= 0.6 is 34.7 Å². The number of rotatable bonds is 5. The zero-order valence-corrected chi connectivity index (χ0v) is 23.6. The van der Waals surface area contributed by atoms with Crippen molar-refractivity contribution in [1.82, 2.24) is 4.98 Å². The van der Waals surface area contributed by atoms with E-state index in [0.29, 0.717) is 31.1 Å². The topological polar surface area (TPSA) is 79.5 Å². The van der Waals surface area contributed by atoms with Gasteiger partial charge in [0.1, 0.15) is 17.6 Å². The van der Waals surface area contributed by atoms with Crippen LogP contribution in [0.25, 0.3) is 0 Å². The molecule has 2 aliphatic heterocycles. The van der Waals surface area contributed by atoms with Crippen molar-refractivity contribution in [1.29, 1.82) is 0 Å². The van der Waals surface area contributed by atoms with E-state index in [4.69, 9.17) is 16.3 Å². The largest absolute Gasteiger partial charge is 0.489 e. The van der Waals surface area contributed by atoms with Crippen LogP contribution in [0.1, 0.15) is 33.0 Å². The first-order valence-corrected chi connectivity index (χ1v) is 14.5. The fraction of sp³-hybridized carbons (Fsp3) is 0.207. The number of nitrogens with zero attached hydrogens (tertiary/aromatic N) is 1. The van der Waals surface area contributed by atoms with Gasteiger partial charge in [0.05, 0.1) is 22.2 Å². The summed E-state index contributed by atoms with van der Waals surface area (Å²) >= 11 is 8.27. The molecule has 0 radical (unpaired) electrons. The molecular weight excluding hydrogens is 597 g/mol. The Labute approximate surface area is 245 Å². The van der Waals surface area contributed by atoms with E-state index in [-0.39, 0.29) is 11.5 Å². The molecule has 210 valence electrons. The average Bonchev–Trinajstić information content (AvgIpc) is 3.42. The maximum Gasteiger partial charge on any atom is 0.418 e. The predicted molar refractivity (Wildman–Crippen MR) is 151 cm³/mol. The molecule has 4 aromatic rings. The number of carbonyl (C=O) groups is 2. The summed E-state index contributed by atoms with van der Waals surface area (Å²) in [5.41, 5.74) is 0.793. The summed E-state index contributed by atoms with van der Waals surface area (Å²) in [5.74, 6) is -3.16. The molecule has 1 fully saturated rings. The van der Waals surface area contributed by atoms with Crippen molar-refractivity contribution in [3.63, 3.8) is 0 Å². The molecule has 0 bridgehead atoms. The highest BCUT2D eigenvalue weighted by atomic mass is 35.5. The lowest BCUT2D eigenvalue weighted by Crippen LogP contribution is -2.33. The molecule has 6 nitrogen and oxygen atoms in total. The number of H-pyrrole nitrogens is 1. The van der Waals surface area contributed by atoms with E-state index in [1.165, 1.54) is 12.1 Å². The van der Waals surface area contributed by atoms with Crippen LogP contribution in [-0.2, 0) is 22.4 Å². The molecule has 0 aliphatic carbocycles. The average molecular weight is 617 g/mol. The number of thioether (sulfide) groups is 1. The molecule has 3 heterocycles. The van der Waals surface area contributed by atoms with Gasteiger partial charge in [0, 0.05) is 21.4 Å². The number of benzene rings is 3. The lowest BCUT2D eigenvalue weighted by atomic mass is 9.82. The highest BCUT2D eigenvalue weighted by molar-refractivity contribution is 8.00. The number of amides is 2. The van der Waals surface area contributed by atoms with Gasteiger partial charge in [0.2, 0.25) is 11.8 Å². The van der Waals surface area contributed by atoms with Crippen LogP contribution in [0.5, 0.6) is 5.75 Å². The van der Waals surface area contributed by atoms with Crippen molar-refractivity contribution < 1.29 is 27.5 Å². The second kappa shape index (κ2) is 10.4. The fourth-order valence-corrected chi connectivity index (χ4v) is 8.01. The Hall–Kier alpha value is -3.54. The first-order chi connectivity index (χ1) is 19.5. The van der Waals surface area contributed by atoms with Crippen molar-refractivity contribution >= 4 is 52.2 Å². The molecule has 1 aromatic heterocycles. The van der Waals surface area contributed by atoms with Gasteiger partial charge in [-0.3, -0.25) is 14.4 Å². The molecule has 0 unspecified atom stereocenters. The highest BCUT2D eigenvalue weighted by Gasteiger charge is 2.57. The van der Waals surface area contributed by atoms with Gasteiger partial charge in [0.15, 0.2) is 0 Å². The summed E-state index contributed by atoms with van der Waals surface area (Å²) in [6.07, 6.45) is -4.79. The quantitative estimate of drug-likeness (QED) is 0.250. The summed E-state index contributed by atoms with van der Waals surface area (Å²) in [6.45, 7) is 2.15. The summed E-state index contributed by atoms with van der Waals surface area (Å²) in [6, 6.07) is 17.1. The van der Waals surface area contributed by atoms with E-state index < -0.39 is 46.3 Å². The van der Waals surface area contributed by atoms with Gasteiger partial charge in [-0.1, -0.05) is 71.1 Å². The van der Waals surface area contributed by atoms with Crippen LogP contribution in [0.15, 0.2) is 76.6 Å². The Morgan fingerprint density at radius 3 is 2.49 bits per heavy atom. The van der Waals surface area contributed by atoms with Crippen LogP contribution in [-0.4, -0.2) is 22.0 Å². The van der Waals surface area contributed by atoms with Crippen LogP contribution in [0.4, 0.5) is 18.9 Å². The van der Waals surface area contributed by atoms with Gasteiger partial charge in [-0.15, -0.1) is 0 Å². The van der Waals surface area contributed by atoms with E-state index in [2.05, 4.69) is 4.98 Å². The lowest BCUT2D eigenvalue weighted by Gasteiger charge is -2.31. The number of imide groups is 1. The van der Waals surface area contributed by atoms with E-state index in [1.54, 1.807) is 18.2 Å². The van der Waals surface area contributed by atoms with Crippen molar-refractivity contribution in [3.8, 4) is 5.75 Å². The maximum atomic E-state index is 14.0. The van der Waals surface area contributed by atoms with Crippen LogP contribution < -0.4 is 14.5 Å². The highest BCUT2D eigenvalue weighted by Crippen LogP contribution is 2.55. The van der Waals surface area contributed by atoms with Crippen molar-refractivity contribution in [2.24, 2.45) is 5.92 Å². The van der Waals surface area contributed by atoms with Crippen LogP contribution in [0.3, 0.4) is 0 Å². The molecule has 2 amide bonds. The van der Waals surface area contributed by atoms with Crippen molar-refractivity contribution in [2.75, 3.05) is 4.90 Å². The minimum atomic E-state index is -4.79. The van der Waals surface area contributed by atoms with Gasteiger partial charge in [-0.2, -0.15) is 13.2 Å². The first kappa shape index (κ1) is 27.6. The molecule has 1 N–H and O–H groups in total. The van der Waals surface area contributed by atoms with E-state index in [0.717, 1.165) is 46.4 Å². The molecule has 6 rings (SSSR count). The summed E-state index contributed by atoms with van der Waals surface area (Å²) in [5, 5.41) is -0.351. The Morgan fingerprint density at radius 1 is 1.00 bits per heavy atom. The van der Waals surface area contributed by atoms with Crippen LogP contribution in [0.2, 0.25) is 5.02 Å². The molecule has 2 aliphatic rings. The maximum absolute atomic E-state index is 14.0. The van der Waals surface area contributed by atoms with E-state index in [9.17, 15) is 27.6 Å². The predicted octanol–water partition coefficient (Wildman–Crippen LogP) is 6.79. The number of hydrogen-bond acceptors (Lipinski definition) is 6. The Balaban J connectivity index is 1.47. The molecule has 0 spiro atoms. The minimum Gasteiger partial charge on any atom is -0.489 e. The third kappa shape index (κ3) is 4.85. The monoisotopic (exact) mass is 616 g/mol. The number of ether oxygens (including phenoxy) is 1. The number of fused-ring (bicyclic) bond motifs is 2. The number of aromatic amines is 1. The minimum absolute atomic E-state index is 0.199. The Bertz CT molecular complexity index is 1750. The van der Waals surface area contributed by atoms with Crippen LogP contribution in [0, 0.1) is 12.8 Å². The third-order valence-corrected chi connectivity index (χ3v) is 9.86. The van der Waals surface area contributed by atoms with Gasteiger partial charge >= 0.3 is 11.0 Å². The zero-order chi connectivity index (χ0) is 29.1. The van der Waals surface area contributed by atoms with E-state index in [1.807, 2.05) is 31.2 Å². The Morgan fingerprint density at radius 2 is 1.73 bits per heavy atom. The lowest BCUT2D eigenvalue weighted by molar-refractivity contribution is -0.137. The Kier molecular flexibility index (Phi) is 6.99. The fourth-order valence-electron chi connectivity index (χ4n) is 5.32. The third-order valence-electron chi connectivity index (χ3n) is 7.23. The molecule has 3 aromatic carbocycles. The van der Waals surface area contributed by atoms with E-state index >= 15 is 0 Å². The summed E-state index contributed by atoms with van der Waals surface area (Å²) in [7, 11) is 0. The number of hydrogen-bond donors (Lipinski definition) is 1. The smallest absolute Gasteiger partial charge is 0.418 e. The number of nitrogens with one attached hydrogen (secondary N) is 1. The number of aromatic nitrogens is 1.